The van der Waals surface area contributed by atoms with Crippen LogP contribution < -0.4 is 4.74 Å². The van der Waals surface area contributed by atoms with Crippen LogP contribution in [0.4, 0.5) is 0 Å². The van der Waals surface area contributed by atoms with Gasteiger partial charge in [0.2, 0.25) is 0 Å². The second-order valence-electron chi connectivity index (χ2n) is 4.26. The van der Waals surface area contributed by atoms with Gasteiger partial charge in [-0.2, -0.15) is 0 Å². The third-order valence-corrected chi connectivity index (χ3v) is 2.24. The summed E-state index contributed by atoms with van der Waals surface area (Å²) in [5.41, 5.74) is 1.12. The van der Waals surface area contributed by atoms with Crippen molar-refractivity contribution < 1.29 is 9.53 Å². The minimum absolute atomic E-state index is 0.0415. The topological polar surface area (TPSA) is 29.5 Å². The molecule has 92 valence electrons. The molecule has 1 aromatic carbocycles. The average molecular weight is 233 g/mol. The zero-order valence-electron chi connectivity index (χ0n) is 10.8. The smallest absolute Gasteiger partial charge is 0.197 e. The zero-order chi connectivity index (χ0) is 12.8. The number of ketones is 1. The fourth-order valence-corrected chi connectivity index (χ4v) is 1.31. The van der Waals surface area contributed by atoms with Gasteiger partial charge in [-0.3, -0.25) is 4.79 Å². The molecule has 1 atom stereocenters. The fourth-order valence-electron chi connectivity index (χ4n) is 1.31. The highest BCUT2D eigenvalue weighted by Gasteiger charge is 2.11. The molecule has 0 saturated heterocycles. The maximum Gasteiger partial charge on any atom is 0.197 e. The first-order chi connectivity index (χ1) is 7.99. The summed E-state index contributed by atoms with van der Waals surface area (Å²) in [4.78, 5) is 13.5. The molecule has 1 aromatic rings. The minimum Gasteiger partial charge on any atom is -0.483 e. The maximum absolute atomic E-state index is 11.7. The molecule has 0 spiro atoms. The van der Waals surface area contributed by atoms with Crippen molar-refractivity contribution in [1.29, 1.82) is 0 Å². The molecule has 0 radical (unpaired) electrons. The molecule has 1 unspecified atom stereocenters. The highest BCUT2D eigenvalue weighted by atomic mass is 16.5. The predicted octanol–water partition coefficient (Wildman–Crippen LogP) is 2.41. The Kier molecular flexibility index (Phi) is 4.76. The van der Waals surface area contributed by atoms with E-state index in [0.717, 1.165) is 11.3 Å². The number of carbonyl (C=O) groups excluding carboxylic acids is 1. The standard InChI is InChI=1S/C14H19NO2/c1-11-6-5-7-13(10-11)17-12(2)14(16)8-9-15(3)4/h5-10,12H,1-4H3/b9-8+. The highest BCUT2D eigenvalue weighted by Crippen LogP contribution is 2.14. The molecular weight excluding hydrogens is 214 g/mol. The molecule has 0 aliphatic heterocycles. The number of hydrogen-bond acceptors (Lipinski definition) is 3. The maximum atomic E-state index is 11.7. The lowest BCUT2D eigenvalue weighted by Crippen LogP contribution is -2.22. The van der Waals surface area contributed by atoms with Gasteiger partial charge in [-0.15, -0.1) is 0 Å². The van der Waals surface area contributed by atoms with E-state index >= 15 is 0 Å². The molecule has 0 aromatic heterocycles. The largest absolute Gasteiger partial charge is 0.483 e. The van der Waals surface area contributed by atoms with Gasteiger partial charge in [0.1, 0.15) is 5.75 Å². The van der Waals surface area contributed by atoms with Crippen molar-refractivity contribution >= 4 is 5.78 Å². The Hall–Kier alpha value is -1.77. The molecule has 3 nitrogen and oxygen atoms in total. The molecule has 0 aliphatic carbocycles. The van der Waals surface area contributed by atoms with E-state index in [-0.39, 0.29) is 5.78 Å². The van der Waals surface area contributed by atoms with Crippen LogP contribution in [0.15, 0.2) is 36.5 Å². The molecule has 0 N–H and O–H groups in total. The Morgan fingerprint density at radius 2 is 2.12 bits per heavy atom. The number of ether oxygens (including phenoxy) is 1. The van der Waals surface area contributed by atoms with Crippen LogP contribution in [0.1, 0.15) is 12.5 Å². The van der Waals surface area contributed by atoms with Crippen molar-refractivity contribution in [2.45, 2.75) is 20.0 Å². The minimum atomic E-state index is -0.465. The Morgan fingerprint density at radius 1 is 1.41 bits per heavy atom. The monoisotopic (exact) mass is 233 g/mol. The Labute approximate surface area is 103 Å². The van der Waals surface area contributed by atoms with Gasteiger partial charge in [0.15, 0.2) is 11.9 Å². The van der Waals surface area contributed by atoms with Gasteiger partial charge >= 0.3 is 0 Å². The Morgan fingerprint density at radius 3 is 2.71 bits per heavy atom. The van der Waals surface area contributed by atoms with Crippen LogP contribution in [0, 0.1) is 6.92 Å². The number of nitrogens with zero attached hydrogens (tertiary/aromatic N) is 1. The molecular formula is C14H19NO2. The van der Waals surface area contributed by atoms with Crippen molar-refractivity contribution in [1.82, 2.24) is 4.90 Å². The molecule has 0 bridgehead atoms. The molecule has 0 heterocycles. The summed E-state index contributed by atoms with van der Waals surface area (Å²) in [7, 11) is 3.74. The van der Waals surface area contributed by atoms with E-state index in [1.165, 1.54) is 6.08 Å². The van der Waals surface area contributed by atoms with Gasteiger partial charge in [-0.1, -0.05) is 12.1 Å². The second kappa shape index (κ2) is 6.09. The van der Waals surface area contributed by atoms with Gasteiger partial charge in [0, 0.05) is 26.4 Å². The van der Waals surface area contributed by atoms with Crippen molar-refractivity contribution in [3.63, 3.8) is 0 Å². The number of aryl methyl sites for hydroxylation is 1. The van der Waals surface area contributed by atoms with Crippen LogP contribution in [-0.4, -0.2) is 30.9 Å². The van der Waals surface area contributed by atoms with E-state index in [0.29, 0.717) is 0 Å². The van der Waals surface area contributed by atoms with Gasteiger partial charge in [-0.25, -0.2) is 0 Å². The summed E-state index contributed by atoms with van der Waals surface area (Å²) in [6.45, 7) is 3.75. The second-order valence-corrected chi connectivity index (χ2v) is 4.26. The van der Waals surface area contributed by atoms with Crippen LogP contribution in [0.5, 0.6) is 5.75 Å². The van der Waals surface area contributed by atoms with Gasteiger partial charge in [0.25, 0.3) is 0 Å². The zero-order valence-corrected chi connectivity index (χ0v) is 10.8. The third kappa shape index (κ3) is 4.72. The predicted molar refractivity (Wildman–Crippen MR) is 69.1 cm³/mol. The molecule has 1 rings (SSSR count). The van der Waals surface area contributed by atoms with E-state index in [2.05, 4.69) is 0 Å². The summed E-state index contributed by atoms with van der Waals surface area (Å²) in [5.74, 6) is 0.685. The third-order valence-electron chi connectivity index (χ3n) is 2.24. The lowest BCUT2D eigenvalue weighted by Gasteiger charge is -2.12. The summed E-state index contributed by atoms with van der Waals surface area (Å²) in [6.07, 6.45) is 2.78. The van der Waals surface area contributed by atoms with E-state index < -0.39 is 6.10 Å². The molecule has 0 aliphatic rings. The molecule has 3 heteroatoms. The fraction of sp³-hybridized carbons (Fsp3) is 0.357. The van der Waals surface area contributed by atoms with Gasteiger partial charge in [0.05, 0.1) is 0 Å². The normalized spacial score (nSPS) is 12.5. The first-order valence-electron chi connectivity index (χ1n) is 5.61. The molecule has 0 amide bonds. The molecule has 0 saturated carbocycles. The molecule has 17 heavy (non-hydrogen) atoms. The summed E-state index contributed by atoms with van der Waals surface area (Å²) in [6, 6.07) is 7.68. The van der Waals surface area contributed by atoms with Crippen LogP contribution in [0.25, 0.3) is 0 Å². The van der Waals surface area contributed by atoms with E-state index in [1.807, 2.05) is 50.2 Å². The summed E-state index contributed by atoms with van der Waals surface area (Å²) in [5, 5.41) is 0. The van der Waals surface area contributed by atoms with Crippen LogP contribution in [0.3, 0.4) is 0 Å². The summed E-state index contributed by atoms with van der Waals surface area (Å²) < 4.78 is 5.57. The van der Waals surface area contributed by atoms with Crippen molar-refractivity contribution in [2.75, 3.05) is 14.1 Å². The van der Waals surface area contributed by atoms with Crippen molar-refractivity contribution in [2.24, 2.45) is 0 Å². The van der Waals surface area contributed by atoms with Crippen LogP contribution in [-0.2, 0) is 4.79 Å². The lowest BCUT2D eigenvalue weighted by atomic mass is 10.2. The first kappa shape index (κ1) is 13.3. The number of hydrogen-bond donors (Lipinski definition) is 0. The number of benzene rings is 1. The highest BCUT2D eigenvalue weighted by molar-refractivity contribution is 5.93. The molecule has 0 fully saturated rings. The number of carbonyl (C=O) groups is 1. The average Bonchev–Trinajstić information content (AvgIpc) is 2.25. The van der Waals surface area contributed by atoms with Crippen molar-refractivity contribution in [3.05, 3.63) is 42.1 Å². The Bertz CT molecular complexity index is 410. The van der Waals surface area contributed by atoms with Gasteiger partial charge in [-0.05, 0) is 31.5 Å². The lowest BCUT2D eigenvalue weighted by molar-refractivity contribution is -0.120. The van der Waals surface area contributed by atoms with E-state index in [9.17, 15) is 4.79 Å². The Balaban J connectivity index is 2.60. The van der Waals surface area contributed by atoms with Gasteiger partial charge < -0.3 is 9.64 Å². The quantitative estimate of drug-likeness (QED) is 0.731. The number of rotatable bonds is 5. The van der Waals surface area contributed by atoms with Crippen LogP contribution in [0.2, 0.25) is 0 Å². The van der Waals surface area contributed by atoms with Crippen LogP contribution >= 0.6 is 0 Å². The van der Waals surface area contributed by atoms with E-state index in [1.54, 1.807) is 13.1 Å². The summed E-state index contributed by atoms with van der Waals surface area (Å²) >= 11 is 0. The first-order valence-corrected chi connectivity index (χ1v) is 5.61. The van der Waals surface area contributed by atoms with E-state index in [4.69, 9.17) is 4.74 Å². The van der Waals surface area contributed by atoms with Crippen molar-refractivity contribution in [3.8, 4) is 5.75 Å². The SMILES string of the molecule is Cc1cccc(OC(C)C(=O)/C=C/N(C)C)c1.